The first-order valence-electron chi connectivity index (χ1n) is 13.5. The second-order valence-electron chi connectivity index (χ2n) is 10.6. The highest BCUT2D eigenvalue weighted by Gasteiger charge is 2.56. The number of unbranched alkanes of at least 4 members (excludes halogenated alkanes) is 2. The fraction of sp³-hybridized carbons (Fsp3) is 0.630. The van der Waals surface area contributed by atoms with E-state index >= 15 is 0 Å². The molecule has 1 aromatic rings. The number of aliphatic carboxylic acids is 1. The smallest absolute Gasteiger partial charge is 0.327 e. The summed E-state index contributed by atoms with van der Waals surface area (Å²) < 4.78 is 0. The van der Waals surface area contributed by atoms with Crippen LogP contribution in [0, 0.1) is 17.2 Å². The lowest BCUT2D eigenvalue weighted by atomic mass is 9.78. The van der Waals surface area contributed by atoms with Gasteiger partial charge in [-0.15, -0.1) is 0 Å². The van der Waals surface area contributed by atoms with E-state index in [0.29, 0.717) is 32.6 Å². The van der Waals surface area contributed by atoms with Gasteiger partial charge in [-0.05, 0) is 56.6 Å². The molecule has 10 heteroatoms. The molecule has 4 rings (SSSR count). The van der Waals surface area contributed by atoms with E-state index in [1.807, 2.05) is 6.07 Å². The standard InChI is InChI=1S/C27H40N6O4/c28-26(29)32-13-7-11-21(19-32)18-22-23(25(35)36)33(24(22)34)27(37)31-16-14-30(15-17-31)12-6-2-5-10-20-8-3-1-4-9-20/h1,3-4,8-9,21-23H,2,5-7,10-19H2,(H3,28,29)(H,35,36)/t21?,22-,23?/m1/s1. The molecule has 37 heavy (non-hydrogen) atoms. The zero-order valence-corrected chi connectivity index (χ0v) is 21.6. The maximum atomic E-state index is 13.1. The van der Waals surface area contributed by atoms with E-state index < -0.39 is 29.9 Å². The molecule has 3 aliphatic rings. The van der Waals surface area contributed by atoms with Crippen molar-refractivity contribution >= 4 is 23.9 Å². The number of hydrogen-bond donors (Lipinski definition) is 3. The Morgan fingerprint density at radius 3 is 2.41 bits per heavy atom. The predicted octanol–water partition coefficient (Wildman–Crippen LogP) is 2.04. The highest BCUT2D eigenvalue weighted by Crippen LogP contribution is 2.36. The third kappa shape index (κ3) is 6.60. The number of hydrogen-bond acceptors (Lipinski definition) is 5. The minimum absolute atomic E-state index is 0.00236. The van der Waals surface area contributed by atoms with Crippen molar-refractivity contribution in [3.05, 3.63) is 35.9 Å². The molecule has 0 bridgehead atoms. The SMILES string of the molecule is N=C(N)N1CCCC(C[C@H]2C(=O)N(C(=O)N3CCN(CCCCCc4ccccc4)CC3)C2C(=O)O)C1. The summed E-state index contributed by atoms with van der Waals surface area (Å²) in [6.07, 6.45) is 6.63. The van der Waals surface area contributed by atoms with Crippen LogP contribution in [0.2, 0.25) is 0 Å². The quantitative estimate of drug-likeness (QED) is 0.199. The van der Waals surface area contributed by atoms with Crippen molar-refractivity contribution in [1.29, 1.82) is 5.41 Å². The van der Waals surface area contributed by atoms with E-state index in [9.17, 15) is 19.5 Å². The summed E-state index contributed by atoms with van der Waals surface area (Å²) >= 11 is 0. The Morgan fingerprint density at radius 2 is 1.73 bits per heavy atom. The second kappa shape index (κ2) is 12.4. The van der Waals surface area contributed by atoms with Crippen LogP contribution in [0.5, 0.6) is 0 Å². The largest absolute Gasteiger partial charge is 0.480 e. The van der Waals surface area contributed by atoms with Crippen LogP contribution in [0.4, 0.5) is 4.79 Å². The number of nitrogens with two attached hydrogens (primary N) is 1. The Hall–Kier alpha value is -3.14. The monoisotopic (exact) mass is 512 g/mol. The van der Waals surface area contributed by atoms with Gasteiger partial charge in [-0.25, -0.2) is 14.5 Å². The zero-order chi connectivity index (χ0) is 26.4. The number of carbonyl (C=O) groups excluding carboxylic acids is 2. The summed E-state index contributed by atoms with van der Waals surface area (Å²) in [5.41, 5.74) is 6.98. The first-order chi connectivity index (χ1) is 17.8. The minimum Gasteiger partial charge on any atom is -0.480 e. The van der Waals surface area contributed by atoms with E-state index in [4.69, 9.17) is 11.1 Å². The summed E-state index contributed by atoms with van der Waals surface area (Å²) in [7, 11) is 0. The van der Waals surface area contributed by atoms with Crippen molar-refractivity contribution in [2.75, 3.05) is 45.8 Å². The van der Waals surface area contributed by atoms with Crippen LogP contribution in [0.1, 0.15) is 44.1 Å². The number of rotatable bonds is 9. The maximum Gasteiger partial charge on any atom is 0.327 e. The molecule has 10 nitrogen and oxygen atoms in total. The first-order valence-corrected chi connectivity index (χ1v) is 13.5. The Balaban J connectivity index is 1.20. The number of carboxylic acid groups (broad SMARTS) is 1. The number of guanidine groups is 1. The summed E-state index contributed by atoms with van der Waals surface area (Å²) in [6, 6.07) is 8.90. The summed E-state index contributed by atoms with van der Waals surface area (Å²) in [4.78, 5) is 44.8. The molecule has 4 N–H and O–H groups in total. The molecule has 1 aromatic carbocycles. The fourth-order valence-electron chi connectivity index (χ4n) is 5.91. The van der Waals surface area contributed by atoms with Gasteiger partial charge < -0.3 is 20.6 Å². The van der Waals surface area contributed by atoms with Crippen molar-refractivity contribution < 1.29 is 19.5 Å². The van der Waals surface area contributed by atoms with Gasteiger partial charge in [0.05, 0.1) is 5.92 Å². The summed E-state index contributed by atoms with van der Waals surface area (Å²) in [5, 5.41) is 17.5. The molecular weight excluding hydrogens is 472 g/mol. The van der Waals surface area contributed by atoms with E-state index in [1.165, 1.54) is 5.56 Å². The van der Waals surface area contributed by atoms with Gasteiger partial charge in [0.25, 0.3) is 0 Å². The third-order valence-corrected chi connectivity index (χ3v) is 8.05. The Morgan fingerprint density at radius 1 is 1.00 bits per heavy atom. The first kappa shape index (κ1) is 26.9. The average molecular weight is 513 g/mol. The lowest BCUT2D eigenvalue weighted by molar-refractivity contribution is -0.167. The molecule has 0 saturated carbocycles. The van der Waals surface area contributed by atoms with Crippen LogP contribution in [0.15, 0.2) is 30.3 Å². The number of nitrogens with one attached hydrogen (secondary N) is 1. The Labute approximate surface area is 218 Å². The lowest BCUT2D eigenvalue weighted by Crippen LogP contribution is -2.69. The van der Waals surface area contributed by atoms with Crippen LogP contribution < -0.4 is 5.73 Å². The van der Waals surface area contributed by atoms with E-state index in [0.717, 1.165) is 63.1 Å². The normalized spacial score (nSPS) is 24.6. The number of benzene rings is 1. The number of urea groups is 1. The summed E-state index contributed by atoms with van der Waals surface area (Å²) in [6.45, 7) is 4.70. The molecule has 3 fully saturated rings. The fourth-order valence-corrected chi connectivity index (χ4v) is 5.91. The number of nitrogens with zero attached hydrogens (tertiary/aromatic N) is 4. The number of carbonyl (C=O) groups is 3. The van der Waals surface area contributed by atoms with E-state index in [2.05, 4.69) is 29.2 Å². The molecule has 0 spiro atoms. The maximum absolute atomic E-state index is 13.1. The van der Waals surface area contributed by atoms with Gasteiger partial charge in [-0.3, -0.25) is 15.1 Å². The van der Waals surface area contributed by atoms with Gasteiger partial charge in [0.15, 0.2) is 12.0 Å². The molecule has 3 atom stereocenters. The zero-order valence-electron chi connectivity index (χ0n) is 21.6. The molecule has 3 amide bonds. The molecule has 0 aromatic heterocycles. The number of amides is 3. The Bertz CT molecular complexity index is 965. The number of likely N-dealkylation sites (tertiary alicyclic amines) is 2. The van der Waals surface area contributed by atoms with Gasteiger partial charge in [0.1, 0.15) is 0 Å². The number of aryl methyl sites for hydroxylation is 1. The Kier molecular flexibility index (Phi) is 9.02. The van der Waals surface area contributed by atoms with Crippen LogP contribution in [-0.2, 0) is 16.0 Å². The number of piperazine rings is 1. The molecule has 0 aliphatic carbocycles. The highest BCUT2D eigenvalue weighted by molar-refractivity contribution is 6.07. The number of imide groups is 1. The van der Waals surface area contributed by atoms with Gasteiger partial charge in [0, 0.05) is 39.3 Å². The third-order valence-electron chi connectivity index (χ3n) is 8.05. The number of β-lactam (4-membered cyclic amide) rings is 1. The minimum atomic E-state index is -1.13. The van der Waals surface area contributed by atoms with E-state index in [-0.39, 0.29) is 11.9 Å². The molecule has 3 saturated heterocycles. The van der Waals surface area contributed by atoms with Crippen LogP contribution in [0.3, 0.4) is 0 Å². The predicted molar refractivity (Wildman–Crippen MR) is 140 cm³/mol. The van der Waals surface area contributed by atoms with Crippen molar-refractivity contribution in [3.63, 3.8) is 0 Å². The number of carboxylic acids is 1. The molecule has 3 aliphatic heterocycles. The van der Waals surface area contributed by atoms with Gasteiger partial charge in [0.2, 0.25) is 5.91 Å². The van der Waals surface area contributed by atoms with Gasteiger partial charge >= 0.3 is 12.0 Å². The topological polar surface area (TPSA) is 134 Å². The second-order valence-corrected chi connectivity index (χ2v) is 10.6. The van der Waals surface area contributed by atoms with Crippen LogP contribution >= 0.6 is 0 Å². The molecular formula is C27H40N6O4. The van der Waals surface area contributed by atoms with Crippen molar-refractivity contribution in [3.8, 4) is 0 Å². The summed E-state index contributed by atoms with van der Waals surface area (Å²) in [5.74, 6) is -2.13. The van der Waals surface area contributed by atoms with Crippen LogP contribution in [-0.4, -0.2) is 100 Å². The van der Waals surface area contributed by atoms with Gasteiger partial charge in [-0.2, -0.15) is 0 Å². The molecule has 2 unspecified atom stereocenters. The van der Waals surface area contributed by atoms with Crippen molar-refractivity contribution in [2.45, 2.75) is 51.0 Å². The average Bonchev–Trinajstić information content (AvgIpc) is 2.90. The van der Waals surface area contributed by atoms with Crippen LogP contribution in [0.25, 0.3) is 0 Å². The van der Waals surface area contributed by atoms with E-state index in [1.54, 1.807) is 9.80 Å². The molecule has 0 radical (unpaired) electrons. The highest BCUT2D eigenvalue weighted by atomic mass is 16.4. The molecule has 3 heterocycles. The van der Waals surface area contributed by atoms with Crippen molar-refractivity contribution in [1.82, 2.24) is 19.6 Å². The lowest BCUT2D eigenvalue weighted by Gasteiger charge is -2.47. The number of piperidine rings is 1. The molecule has 202 valence electrons. The van der Waals surface area contributed by atoms with Gasteiger partial charge in [-0.1, -0.05) is 36.8 Å². The van der Waals surface area contributed by atoms with Crippen molar-refractivity contribution in [2.24, 2.45) is 17.6 Å².